The molecular formula is C20H17NO. The Morgan fingerprint density at radius 3 is 2.23 bits per heavy atom. The highest BCUT2D eigenvalue weighted by molar-refractivity contribution is 5.82. The van der Waals surface area contributed by atoms with Gasteiger partial charge in [0.25, 0.3) is 0 Å². The minimum Gasteiger partial charge on any atom is -0.455 e. The van der Waals surface area contributed by atoms with E-state index in [1.54, 1.807) is 0 Å². The Labute approximate surface area is 130 Å². The van der Waals surface area contributed by atoms with Crippen molar-refractivity contribution in [2.45, 2.75) is 6.92 Å². The van der Waals surface area contributed by atoms with Crippen LogP contribution in [0.15, 0.2) is 83.9 Å². The Bertz CT molecular complexity index is 764. The number of hydrogen-bond donors (Lipinski definition) is 0. The van der Waals surface area contributed by atoms with Gasteiger partial charge in [-0.1, -0.05) is 54.6 Å². The molecule has 0 spiro atoms. The van der Waals surface area contributed by atoms with Crippen LogP contribution in [-0.2, 0) is 0 Å². The van der Waals surface area contributed by atoms with Gasteiger partial charge in [-0.05, 0) is 42.3 Å². The van der Waals surface area contributed by atoms with Crippen LogP contribution in [0.3, 0.4) is 0 Å². The summed E-state index contributed by atoms with van der Waals surface area (Å²) >= 11 is 0. The van der Waals surface area contributed by atoms with Crippen LogP contribution in [0.25, 0.3) is 0 Å². The minimum atomic E-state index is 0.754. The number of nitrogens with zero attached hydrogens (tertiary/aromatic N) is 1. The van der Waals surface area contributed by atoms with E-state index in [4.69, 9.17) is 4.74 Å². The van der Waals surface area contributed by atoms with Gasteiger partial charge < -0.3 is 4.74 Å². The molecule has 0 aliphatic heterocycles. The first-order valence-electron chi connectivity index (χ1n) is 7.24. The van der Waals surface area contributed by atoms with Crippen LogP contribution in [-0.4, -0.2) is 6.21 Å². The normalized spacial score (nSPS) is 10.8. The van der Waals surface area contributed by atoms with Crippen molar-refractivity contribution in [3.8, 4) is 11.5 Å². The standard InChI is InChI=1S/C20H17NO/c1-16-12-13-20(22-18-10-6-3-7-11-18)19(14-16)21-15-17-8-4-2-5-9-17/h2-15H,1H3. The molecule has 0 aromatic heterocycles. The van der Waals surface area contributed by atoms with E-state index in [0.29, 0.717) is 0 Å². The number of ether oxygens (including phenoxy) is 1. The summed E-state index contributed by atoms with van der Waals surface area (Å²) in [5, 5.41) is 0. The maximum atomic E-state index is 5.94. The van der Waals surface area contributed by atoms with Gasteiger partial charge in [0.05, 0.1) is 0 Å². The summed E-state index contributed by atoms with van der Waals surface area (Å²) in [7, 11) is 0. The van der Waals surface area contributed by atoms with Crippen LogP contribution in [0.5, 0.6) is 11.5 Å². The molecule has 0 unspecified atom stereocenters. The zero-order valence-corrected chi connectivity index (χ0v) is 12.4. The molecule has 0 aliphatic rings. The Kier molecular flexibility index (Phi) is 4.30. The van der Waals surface area contributed by atoms with Crippen molar-refractivity contribution in [3.63, 3.8) is 0 Å². The first-order chi connectivity index (χ1) is 10.8. The fourth-order valence-corrected chi connectivity index (χ4v) is 2.11. The molecule has 0 heterocycles. The summed E-state index contributed by atoms with van der Waals surface area (Å²) in [5.74, 6) is 1.56. The van der Waals surface area contributed by atoms with Gasteiger partial charge in [-0.25, -0.2) is 0 Å². The van der Waals surface area contributed by atoms with Gasteiger partial charge in [0, 0.05) is 6.21 Å². The molecule has 0 N–H and O–H groups in total. The third-order valence-corrected chi connectivity index (χ3v) is 3.24. The summed E-state index contributed by atoms with van der Waals surface area (Å²) in [5.41, 5.74) is 3.04. The van der Waals surface area contributed by atoms with E-state index >= 15 is 0 Å². The molecule has 0 amide bonds. The molecule has 108 valence electrons. The lowest BCUT2D eigenvalue weighted by molar-refractivity contribution is 0.484. The number of aliphatic imine (C=N–C) groups is 1. The summed E-state index contributed by atoms with van der Waals surface area (Å²) < 4.78 is 5.94. The third-order valence-electron chi connectivity index (χ3n) is 3.24. The number of hydrogen-bond acceptors (Lipinski definition) is 2. The second kappa shape index (κ2) is 6.72. The largest absolute Gasteiger partial charge is 0.455 e. The van der Waals surface area contributed by atoms with Crippen molar-refractivity contribution >= 4 is 11.9 Å². The molecule has 0 saturated carbocycles. The van der Waals surface area contributed by atoms with Gasteiger partial charge in [0.1, 0.15) is 11.4 Å². The van der Waals surface area contributed by atoms with Crippen LogP contribution in [0.1, 0.15) is 11.1 Å². The summed E-state index contributed by atoms with van der Waals surface area (Å²) in [6.07, 6.45) is 1.85. The lowest BCUT2D eigenvalue weighted by atomic mass is 10.2. The van der Waals surface area contributed by atoms with Gasteiger partial charge in [0.15, 0.2) is 5.75 Å². The molecule has 2 heteroatoms. The first kappa shape index (κ1) is 14.1. The van der Waals surface area contributed by atoms with E-state index in [9.17, 15) is 0 Å². The predicted molar refractivity (Wildman–Crippen MR) is 91.4 cm³/mol. The molecule has 0 radical (unpaired) electrons. The summed E-state index contributed by atoms with van der Waals surface area (Å²) in [6.45, 7) is 2.05. The molecule has 0 aliphatic carbocycles. The highest BCUT2D eigenvalue weighted by Crippen LogP contribution is 2.32. The molecule has 22 heavy (non-hydrogen) atoms. The average Bonchev–Trinajstić information content (AvgIpc) is 2.57. The Morgan fingerprint density at radius 2 is 1.50 bits per heavy atom. The van der Waals surface area contributed by atoms with Crippen LogP contribution < -0.4 is 4.74 Å². The van der Waals surface area contributed by atoms with Crippen molar-refractivity contribution in [1.82, 2.24) is 0 Å². The highest BCUT2D eigenvalue weighted by atomic mass is 16.5. The quantitative estimate of drug-likeness (QED) is 0.577. The van der Waals surface area contributed by atoms with Gasteiger partial charge in [-0.3, -0.25) is 4.99 Å². The fraction of sp³-hybridized carbons (Fsp3) is 0.0500. The van der Waals surface area contributed by atoms with Crippen LogP contribution in [0, 0.1) is 6.92 Å². The summed E-state index contributed by atoms with van der Waals surface area (Å²) in [6, 6.07) is 25.8. The van der Waals surface area contributed by atoms with E-state index < -0.39 is 0 Å². The molecule has 3 aromatic rings. The minimum absolute atomic E-state index is 0.754. The molecular weight excluding hydrogens is 270 g/mol. The van der Waals surface area contributed by atoms with Crippen molar-refractivity contribution in [2.24, 2.45) is 4.99 Å². The van der Waals surface area contributed by atoms with Gasteiger partial charge in [-0.15, -0.1) is 0 Å². The SMILES string of the molecule is Cc1ccc(Oc2ccccc2)c(N=Cc2ccccc2)c1. The molecule has 2 nitrogen and oxygen atoms in total. The number of benzene rings is 3. The van der Waals surface area contributed by atoms with E-state index in [1.807, 2.05) is 92.0 Å². The highest BCUT2D eigenvalue weighted by Gasteiger charge is 2.04. The van der Waals surface area contributed by atoms with Gasteiger partial charge >= 0.3 is 0 Å². The lowest BCUT2D eigenvalue weighted by Gasteiger charge is -2.09. The molecule has 0 bridgehead atoms. The zero-order chi connectivity index (χ0) is 15.2. The smallest absolute Gasteiger partial charge is 0.153 e. The topological polar surface area (TPSA) is 21.6 Å². The van der Waals surface area contributed by atoms with Crippen LogP contribution in [0.2, 0.25) is 0 Å². The van der Waals surface area contributed by atoms with Gasteiger partial charge in [0.2, 0.25) is 0 Å². The lowest BCUT2D eigenvalue weighted by Crippen LogP contribution is -1.86. The van der Waals surface area contributed by atoms with Crippen LogP contribution >= 0.6 is 0 Å². The van der Waals surface area contributed by atoms with E-state index in [-0.39, 0.29) is 0 Å². The monoisotopic (exact) mass is 287 g/mol. The van der Waals surface area contributed by atoms with Crippen LogP contribution in [0.4, 0.5) is 5.69 Å². The molecule has 0 atom stereocenters. The Balaban J connectivity index is 1.89. The molecule has 3 rings (SSSR count). The fourth-order valence-electron chi connectivity index (χ4n) is 2.11. The number of aryl methyl sites for hydroxylation is 1. The molecule has 0 fully saturated rings. The zero-order valence-electron chi connectivity index (χ0n) is 12.4. The maximum Gasteiger partial charge on any atom is 0.153 e. The summed E-state index contributed by atoms with van der Waals surface area (Å²) in [4.78, 5) is 4.58. The maximum absolute atomic E-state index is 5.94. The van der Waals surface area contributed by atoms with E-state index in [0.717, 1.165) is 28.3 Å². The van der Waals surface area contributed by atoms with Crippen molar-refractivity contribution in [1.29, 1.82) is 0 Å². The van der Waals surface area contributed by atoms with Gasteiger partial charge in [-0.2, -0.15) is 0 Å². The Hall–Kier alpha value is -2.87. The second-order valence-electron chi connectivity index (χ2n) is 5.06. The Morgan fingerprint density at radius 1 is 0.818 bits per heavy atom. The molecule has 0 saturated heterocycles. The average molecular weight is 287 g/mol. The number of rotatable bonds is 4. The van der Waals surface area contributed by atoms with E-state index in [2.05, 4.69) is 4.99 Å². The first-order valence-corrected chi connectivity index (χ1v) is 7.24. The molecule has 3 aromatic carbocycles. The number of para-hydroxylation sites is 1. The second-order valence-corrected chi connectivity index (χ2v) is 5.06. The third kappa shape index (κ3) is 3.61. The van der Waals surface area contributed by atoms with Crippen molar-refractivity contribution in [2.75, 3.05) is 0 Å². The van der Waals surface area contributed by atoms with Crippen molar-refractivity contribution < 1.29 is 4.74 Å². The van der Waals surface area contributed by atoms with E-state index in [1.165, 1.54) is 0 Å². The van der Waals surface area contributed by atoms with Crippen molar-refractivity contribution in [3.05, 3.63) is 90.0 Å². The predicted octanol–water partition coefficient (Wildman–Crippen LogP) is 5.54.